The van der Waals surface area contributed by atoms with Crippen molar-refractivity contribution in [1.82, 2.24) is 0 Å². The summed E-state index contributed by atoms with van der Waals surface area (Å²) in [6, 6.07) is 8.47. The number of hydrogen-bond donors (Lipinski definition) is 0. The highest BCUT2D eigenvalue weighted by molar-refractivity contribution is 6.10. The van der Waals surface area contributed by atoms with Crippen LogP contribution in [0.2, 0.25) is 0 Å². The maximum atomic E-state index is 13.7. The van der Waals surface area contributed by atoms with Gasteiger partial charge in [-0.15, -0.1) is 0 Å². The molecule has 3 aromatic rings. The number of aryl methyl sites for hydroxylation is 2. The van der Waals surface area contributed by atoms with E-state index in [1.54, 1.807) is 6.92 Å². The Morgan fingerprint density at radius 1 is 1.05 bits per heavy atom. The van der Waals surface area contributed by atoms with Crippen molar-refractivity contribution >= 4 is 16.8 Å². The lowest BCUT2D eigenvalue weighted by Crippen LogP contribution is -2.04. The molecule has 21 heavy (non-hydrogen) atoms. The smallest absolute Gasteiger partial charge is 0.231 e. The Morgan fingerprint density at radius 3 is 2.52 bits per heavy atom. The predicted octanol–water partition coefficient (Wildman–Crippen LogP) is 4.56. The topological polar surface area (TPSA) is 30.2 Å². The maximum Gasteiger partial charge on any atom is 0.231 e. The van der Waals surface area contributed by atoms with Gasteiger partial charge in [-0.1, -0.05) is 12.1 Å². The molecule has 1 aromatic heterocycles. The molecule has 0 atom stereocenters. The second-order valence-corrected chi connectivity index (χ2v) is 5.01. The Labute approximate surface area is 120 Å². The van der Waals surface area contributed by atoms with Gasteiger partial charge in [0.05, 0.1) is 5.56 Å². The highest BCUT2D eigenvalue weighted by Gasteiger charge is 2.22. The average Bonchev–Trinajstić information content (AvgIpc) is 2.75. The molecule has 3 rings (SSSR count). The van der Waals surface area contributed by atoms with Crippen molar-refractivity contribution in [2.24, 2.45) is 0 Å². The van der Waals surface area contributed by atoms with Crippen LogP contribution in [0.3, 0.4) is 0 Å². The Hall–Kier alpha value is -2.49. The molecule has 4 heteroatoms. The van der Waals surface area contributed by atoms with Gasteiger partial charge in [0.15, 0.2) is 5.76 Å². The van der Waals surface area contributed by atoms with Crippen molar-refractivity contribution in [3.63, 3.8) is 0 Å². The fourth-order valence-electron chi connectivity index (χ4n) is 2.35. The van der Waals surface area contributed by atoms with Gasteiger partial charge >= 0.3 is 0 Å². The van der Waals surface area contributed by atoms with E-state index in [9.17, 15) is 13.6 Å². The number of halogens is 2. The van der Waals surface area contributed by atoms with Crippen LogP contribution in [0.25, 0.3) is 11.0 Å². The van der Waals surface area contributed by atoms with Gasteiger partial charge in [-0.05, 0) is 37.6 Å². The van der Waals surface area contributed by atoms with E-state index in [-0.39, 0.29) is 11.3 Å². The predicted molar refractivity (Wildman–Crippen MR) is 75.5 cm³/mol. The van der Waals surface area contributed by atoms with Crippen molar-refractivity contribution in [1.29, 1.82) is 0 Å². The molecule has 0 aliphatic carbocycles. The van der Waals surface area contributed by atoms with Gasteiger partial charge in [0.25, 0.3) is 0 Å². The molecule has 1 heterocycles. The Balaban J connectivity index is 2.15. The van der Waals surface area contributed by atoms with E-state index in [1.165, 1.54) is 0 Å². The van der Waals surface area contributed by atoms with Crippen molar-refractivity contribution in [3.8, 4) is 0 Å². The molecule has 0 unspecified atom stereocenters. The van der Waals surface area contributed by atoms with Gasteiger partial charge in [0, 0.05) is 17.0 Å². The summed E-state index contributed by atoms with van der Waals surface area (Å²) in [7, 11) is 0. The number of rotatable bonds is 2. The molecule has 0 aliphatic heterocycles. The summed E-state index contributed by atoms with van der Waals surface area (Å²) in [5.41, 5.74) is 2.04. The highest BCUT2D eigenvalue weighted by atomic mass is 19.1. The van der Waals surface area contributed by atoms with Crippen LogP contribution in [0.1, 0.15) is 27.2 Å². The molecule has 0 amide bonds. The molecule has 0 saturated carbocycles. The van der Waals surface area contributed by atoms with Crippen molar-refractivity contribution < 1.29 is 18.0 Å². The number of hydrogen-bond acceptors (Lipinski definition) is 2. The Kier molecular flexibility index (Phi) is 3.09. The summed E-state index contributed by atoms with van der Waals surface area (Å²) >= 11 is 0. The summed E-state index contributed by atoms with van der Waals surface area (Å²) in [5.74, 6) is -2.11. The minimum Gasteiger partial charge on any atom is -0.452 e. The lowest BCUT2D eigenvalue weighted by atomic mass is 10.0. The summed E-state index contributed by atoms with van der Waals surface area (Å²) in [5, 5.41) is 0.812. The second kappa shape index (κ2) is 4.81. The van der Waals surface area contributed by atoms with Crippen LogP contribution in [-0.2, 0) is 0 Å². The SMILES string of the molecule is Cc1ccc2c(C)c(C(=O)c3ccc(F)cc3F)oc2c1. The van der Waals surface area contributed by atoms with Crippen LogP contribution >= 0.6 is 0 Å². The van der Waals surface area contributed by atoms with Gasteiger partial charge in [-0.2, -0.15) is 0 Å². The Morgan fingerprint density at radius 2 is 1.81 bits per heavy atom. The third-order valence-electron chi connectivity index (χ3n) is 3.48. The van der Waals surface area contributed by atoms with E-state index < -0.39 is 17.4 Å². The second-order valence-electron chi connectivity index (χ2n) is 5.01. The number of carbonyl (C=O) groups is 1. The molecule has 0 spiro atoms. The van der Waals surface area contributed by atoms with Gasteiger partial charge in [-0.25, -0.2) is 8.78 Å². The lowest BCUT2D eigenvalue weighted by Gasteiger charge is -2.01. The minimum atomic E-state index is -0.893. The monoisotopic (exact) mass is 286 g/mol. The number of fused-ring (bicyclic) bond motifs is 1. The molecular weight excluding hydrogens is 274 g/mol. The third-order valence-corrected chi connectivity index (χ3v) is 3.48. The maximum absolute atomic E-state index is 13.7. The van der Waals surface area contributed by atoms with E-state index >= 15 is 0 Å². The zero-order valence-electron chi connectivity index (χ0n) is 11.5. The van der Waals surface area contributed by atoms with E-state index in [1.807, 2.05) is 25.1 Å². The van der Waals surface area contributed by atoms with Crippen LogP contribution in [-0.4, -0.2) is 5.78 Å². The third kappa shape index (κ3) is 2.23. The van der Waals surface area contributed by atoms with Crippen LogP contribution in [0.5, 0.6) is 0 Å². The molecule has 2 aromatic carbocycles. The average molecular weight is 286 g/mol. The number of furan rings is 1. The standard InChI is InChI=1S/C17H12F2O2/c1-9-3-5-12-10(2)17(21-15(12)7-9)16(20)13-6-4-11(18)8-14(13)19/h3-8H,1-2H3. The minimum absolute atomic E-state index is 0.0844. The van der Waals surface area contributed by atoms with Gasteiger partial charge < -0.3 is 4.42 Å². The molecule has 0 aliphatic rings. The van der Waals surface area contributed by atoms with Crippen molar-refractivity contribution in [2.45, 2.75) is 13.8 Å². The summed E-state index contributed by atoms with van der Waals surface area (Å²) < 4.78 is 32.2. The quantitative estimate of drug-likeness (QED) is 0.646. The van der Waals surface area contributed by atoms with E-state index in [2.05, 4.69) is 0 Å². The largest absolute Gasteiger partial charge is 0.452 e. The Bertz CT molecular complexity index is 863. The molecule has 0 N–H and O–H groups in total. The van der Waals surface area contributed by atoms with Crippen LogP contribution in [0.15, 0.2) is 40.8 Å². The van der Waals surface area contributed by atoms with Crippen LogP contribution in [0, 0.1) is 25.5 Å². The highest BCUT2D eigenvalue weighted by Crippen LogP contribution is 2.28. The summed E-state index contributed by atoms with van der Waals surface area (Å²) in [6.45, 7) is 3.66. The molecule has 106 valence electrons. The zero-order valence-corrected chi connectivity index (χ0v) is 11.5. The van der Waals surface area contributed by atoms with E-state index in [0.717, 1.165) is 23.1 Å². The molecular formula is C17H12F2O2. The van der Waals surface area contributed by atoms with Gasteiger partial charge in [-0.3, -0.25) is 4.79 Å². The normalized spacial score (nSPS) is 11.0. The van der Waals surface area contributed by atoms with E-state index in [0.29, 0.717) is 17.2 Å². The fourth-order valence-corrected chi connectivity index (χ4v) is 2.35. The fraction of sp³-hybridized carbons (Fsp3) is 0.118. The summed E-state index contributed by atoms with van der Waals surface area (Å²) in [4.78, 5) is 12.4. The molecule has 0 saturated heterocycles. The zero-order chi connectivity index (χ0) is 15.1. The van der Waals surface area contributed by atoms with Gasteiger partial charge in [0.1, 0.15) is 17.2 Å². The van der Waals surface area contributed by atoms with E-state index in [4.69, 9.17) is 4.42 Å². The summed E-state index contributed by atoms with van der Waals surface area (Å²) in [6.07, 6.45) is 0. The first-order valence-electron chi connectivity index (χ1n) is 6.47. The van der Waals surface area contributed by atoms with Crippen molar-refractivity contribution in [3.05, 3.63) is 70.5 Å². The molecule has 0 bridgehead atoms. The first-order valence-corrected chi connectivity index (χ1v) is 6.47. The molecule has 0 radical (unpaired) electrons. The molecule has 2 nitrogen and oxygen atoms in total. The number of ketones is 1. The first kappa shape index (κ1) is 13.5. The number of benzene rings is 2. The van der Waals surface area contributed by atoms with Crippen LogP contribution in [0.4, 0.5) is 8.78 Å². The number of carbonyl (C=O) groups excluding carboxylic acids is 1. The van der Waals surface area contributed by atoms with Gasteiger partial charge in [0.2, 0.25) is 5.78 Å². The lowest BCUT2D eigenvalue weighted by molar-refractivity contribution is 0.101. The van der Waals surface area contributed by atoms with Crippen molar-refractivity contribution in [2.75, 3.05) is 0 Å². The first-order chi connectivity index (χ1) is 9.97. The molecule has 0 fully saturated rings. The van der Waals surface area contributed by atoms with Crippen LogP contribution < -0.4 is 0 Å².